The van der Waals surface area contributed by atoms with Gasteiger partial charge >= 0.3 is 0 Å². The molecule has 138 valence electrons. The van der Waals surface area contributed by atoms with Crippen molar-refractivity contribution >= 4 is 41.5 Å². The minimum atomic E-state index is -0.0776. The van der Waals surface area contributed by atoms with Gasteiger partial charge < -0.3 is 15.5 Å². The number of carbonyl (C=O) groups is 1. The molecule has 2 N–H and O–H groups in total. The summed E-state index contributed by atoms with van der Waals surface area (Å²) < 4.78 is 0. The van der Waals surface area contributed by atoms with Gasteiger partial charge in [0.1, 0.15) is 0 Å². The number of carbonyl (C=O) groups excluding carboxylic acids is 1. The minimum Gasteiger partial charge on any atom is -0.347 e. The van der Waals surface area contributed by atoms with E-state index < -0.39 is 0 Å². The fourth-order valence-electron chi connectivity index (χ4n) is 3.17. The van der Waals surface area contributed by atoms with Crippen LogP contribution in [0.3, 0.4) is 0 Å². The third-order valence-corrected chi connectivity index (χ3v) is 4.44. The molecule has 1 unspecified atom stereocenters. The van der Waals surface area contributed by atoms with Gasteiger partial charge in [-0.05, 0) is 24.1 Å². The van der Waals surface area contributed by atoms with Crippen molar-refractivity contribution in [1.82, 2.24) is 10.2 Å². The van der Waals surface area contributed by atoms with Gasteiger partial charge in [0, 0.05) is 31.7 Å². The number of amides is 1. The Morgan fingerprint density at radius 3 is 2.42 bits per heavy atom. The van der Waals surface area contributed by atoms with Gasteiger partial charge in [-0.1, -0.05) is 48.5 Å². The van der Waals surface area contributed by atoms with Crippen LogP contribution in [0.5, 0.6) is 0 Å². The standard InChI is InChI=1S/C20H24N4O.HI/c1-21-20(22-14-19(25)23-18-10-6-3-7-11-18)24-13-12-17(15-24)16-8-4-2-5-9-16;/h2-11,17H,12-15H2,1H3,(H,21,22)(H,23,25);1H. The molecule has 1 amide bonds. The highest BCUT2D eigenvalue weighted by Crippen LogP contribution is 2.26. The Morgan fingerprint density at radius 1 is 1.12 bits per heavy atom. The van der Waals surface area contributed by atoms with Crippen LogP contribution in [0.4, 0.5) is 5.69 Å². The molecule has 0 bridgehead atoms. The molecule has 5 nitrogen and oxygen atoms in total. The molecule has 3 rings (SSSR count). The number of benzene rings is 2. The average molecular weight is 464 g/mol. The molecule has 1 aliphatic heterocycles. The fraction of sp³-hybridized carbons (Fsp3) is 0.300. The molecule has 1 heterocycles. The van der Waals surface area contributed by atoms with Gasteiger partial charge in [-0.25, -0.2) is 0 Å². The van der Waals surface area contributed by atoms with Crippen LogP contribution in [-0.2, 0) is 4.79 Å². The predicted octanol–water partition coefficient (Wildman–Crippen LogP) is 3.31. The van der Waals surface area contributed by atoms with Crippen molar-refractivity contribution in [1.29, 1.82) is 0 Å². The van der Waals surface area contributed by atoms with E-state index in [1.165, 1.54) is 5.56 Å². The van der Waals surface area contributed by atoms with E-state index in [1.807, 2.05) is 36.4 Å². The quantitative estimate of drug-likeness (QED) is 0.415. The number of likely N-dealkylation sites (tertiary alicyclic amines) is 1. The molecule has 0 saturated carbocycles. The molecule has 0 aliphatic carbocycles. The lowest BCUT2D eigenvalue weighted by molar-refractivity contribution is -0.115. The molecule has 1 atom stereocenters. The predicted molar refractivity (Wildman–Crippen MR) is 117 cm³/mol. The first kappa shape index (κ1) is 20.2. The second-order valence-corrected chi connectivity index (χ2v) is 6.16. The van der Waals surface area contributed by atoms with Crippen molar-refractivity contribution in [2.75, 3.05) is 32.0 Å². The van der Waals surface area contributed by atoms with E-state index in [2.05, 4.69) is 44.8 Å². The van der Waals surface area contributed by atoms with Crippen LogP contribution in [0.2, 0.25) is 0 Å². The Kier molecular flexibility index (Phi) is 7.90. The lowest BCUT2D eigenvalue weighted by atomic mass is 9.99. The molecule has 1 aliphatic rings. The first-order chi connectivity index (χ1) is 12.3. The van der Waals surface area contributed by atoms with Crippen molar-refractivity contribution in [2.45, 2.75) is 12.3 Å². The van der Waals surface area contributed by atoms with E-state index in [4.69, 9.17) is 0 Å². The summed E-state index contributed by atoms with van der Waals surface area (Å²) in [7, 11) is 1.76. The molecule has 0 aromatic heterocycles. The van der Waals surface area contributed by atoms with Crippen LogP contribution in [0, 0.1) is 0 Å². The normalized spacial score (nSPS) is 16.7. The van der Waals surface area contributed by atoms with Gasteiger partial charge in [0.25, 0.3) is 0 Å². The van der Waals surface area contributed by atoms with Gasteiger partial charge in [0.05, 0.1) is 6.54 Å². The van der Waals surface area contributed by atoms with Crippen molar-refractivity contribution < 1.29 is 4.79 Å². The van der Waals surface area contributed by atoms with E-state index in [9.17, 15) is 4.79 Å². The van der Waals surface area contributed by atoms with E-state index in [-0.39, 0.29) is 36.4 Å². The summed E-state index contributed by atoms with van der Waals surface area (Å²) in [4.78, 5) is 18.6. The van der Waals surface area contributed by atoms with E-state index in [0.717, 1.165) is 31.2 Å². The van der Waals surface area contributed by atoms with Gasteiger partial charge in [0.15, 0.2) is 5.96 Å². The summed E-state index contributed by atoms with van der Waals surface area (Å²) in [6, 6.07) is 20.0. The smallest absolute Gasteiger partial charge is 0.243 e. The first-order valence-electron chi connectivity index (χ1n) is 8.61. The molecule has 0 spiro atoms. The Bertz CT molecular complexity index is 721. The molecular weight excluding hydrogens is 439 g/mol. The number of nitrogens with zero attached hydrogens (tertiary/aromatic N) is 2. The van der Waals surface area contributed by atoms with Crippen molar-refractivity contribution in [3.63, 3.8) is 0 Å². The highest BCUT2D eigenvalue weighted by Gasteiger charge is 2.26. The van der Waals surface area contributed by atoms with Gasteiger partial charge in [0.2, 0.25) is 5.91 Å². The van der Waals surface area contributed by atoms with Crippen LogP contribution in [0.1, 0.15) is 17.9 Å². The molecule has 2 aromatic rings. The molecule has 1 saturated heterocycles. The lowest BCUT2D eigenvalue weighted by Crippen LogP contribution is -2.43. The second-order valence-electron chi connectivity index (χ2n) is 6.16. The molecular formula is C20H25IN4O. The molecule has 1 fully saturated rings. The topological polar surface area (TPSA) is 56.7 Å². The molecule has 26 heavy (non-hydrogen) atoms. The highest BCUT2D eigenvalue weighted by molar-refractivity contribution is 14.0. The maximum atomic E-state index is 12.1. The minimum absolute atomic E-state index is 0. The summed E-state index contributed by atoms with van der Waals surface area (Å²) in [5.41, 5.74) is 2.16. The number of guanidine groups is 1. The van der Waals surface area contributed by atoms with Gasteiger partial charge in [-0.2, -0.15) is 0 Å². The number of anilines is 1. The lowest BCUT2D eigenvalue weighted by Gasteiger charge is -2.21. The number of aliphatic imine (C=N–C) groups is 1. The number of rotatable bonds is 4. The number of nitrogens with one attached hydrogen (secondary N) is 2. The Hall–Kier alpha value is -2.09. The maximum Gasteiger partial charge on any atom is 0.243 e. The third-order valence-electron chi connectivity index (χ3n) is 4.44. The number of halogens is 1. The van der Waals surface area contributed by atoms with Crippen molar-refractivity contribution in [3.8, 4) is 0 Å². The summed E-state index contributed by atoms with van der Waals surface area (Å²) in [6.45, 7) is 2.07. The summed E-state index contributed by atoms with van der Waals surface area (Å²) in [5.74, 6) is 1.21. The number of hydrogen-bond donors (Lipinski definition) is 2. The molecule has 6 heteroatoms. The maximum absolute atomic E-state index is 12.1. The molecule has 0 radical (unpaired) electrons. The zero-order valence-electron chi connectivity index (χ0n) is 14.9. The van der Waals surface area contributed by atoms with Gasteiger partial charge in [-0.15, -0.1) is 24.0 Å². The summed E-state index contributed by atoms with van der Waals surface area (Å²) in [6.07, 6.45) is 1.10. The summed E-state index contributed by atoms with van der Waals surface area (Å²) in [5, 5.41) is 6.04. The number of para-hydroxylation sites is 1. The summed E-state index contributed by atoms with van der Waals surface area (Å²) >= 11 is 0. The largest absolute Gasteiger partial charge is 0.347 e. The van der Waals surface area contributed by atoms with E-state index in [0.29, 0.717) is 5.92 Å². The highest BCUT2D eigenvalue weighted by atomic mass is 127. The van der Waals surface area contributed by atoms with Crippen molar-refractivity contribution in [2.24, 2.45) is 4.99 Å². The van der Waals surface area contributed by atoms with Gasteiger partial charge in [-0.3, -0.25) is 9.79 Å². The zero-order chi connectivity index (χ0) is 17.5. The van der Waals surface area contributed by atoms with E-state index in [1.54, 1.807) is 7.05 Å². The van der Waals surface area contributed by atoms with Crippen LogP contribution in [0.15, 0.2) is 65.7 Å². The third kappa shape index (κ3) is 5.45. The average Bonchev–Trinajstić information content (AvgIpc) is 3.14. The van der Waals surface area contributed by atoms with Crippen LogP contribution in [0.25, 0.3) is 0 Å². The monoisotopic (exact) mass is 464 g/mol. The SMILES string of the molecule is CN=C(NCC(=O)Nc1ccccc1)N1CCC(c2ccccc2)C1.I. The Labute approximate surface area is 171 Å². The van der Waals surface area contributed by atoms with Crippen LogP contribution in [-0.4, -0.2) is 43.4 Å². The number of hydrogen-bond acceptors (Lipinski definition) is 2. The van der Waals surface area contributed by atoms with Crippen LogP contribution >= 0.6 is 24.0 Å². The zero-order valence-corrected chi connectivity index (χ0v) is 17.2. The van der Waals surface area contributed by atoms with Crippen molar-refractivity contribution in [3.05, 3.63) is 66.2 Å². The Morgan fingerprint density at radius 2 is 1.77 bits per heavy atom. The fourth-order valence-corrected chi connectivity index (χ4v) is 3.17. The second kappa shape index (κ2) is 10.2. The van der Waals surface area contributed by atoms with E-state index >= 15 is 0 Å². The first-order valence-corrected chi connectivity index (χ1v) is 8.61. The Balaban J connectivity index is 0.00000243. The van der Waals surface area contributed by atoms with Crippen LogP contribution < -0.4 is 10.6 Å². The molecule has 2 aromatic carbocycles.